The van der Waals surface area contributed by atoms with E-state index in [1.807, 2.05) is 0 Å². The van der Waals surface area contributed by atoms with Crippen LogP contribution in [0.3, 0.4) is 0 Å². The van der Waals surface area contributed by atoms with Crippen LogP contribution in [-0.2, 0) is 14.4 Å². The number of hydrogen-bond acceptors (Lipinski definition) is 3. The third-order valence-electron chi connectivity index (χ3n) is 5.52. The smallest absolute Gasteiger partial charge is 0.233 e. The van der Waals surface area contributed by atoms with Crippen LogP contribution in [0.5, 0.6) is 0 Å². The normalized spacial score (nSPS) is 34.0. The molecule has 3 aliphatic rings. The molecule has 0 aromatic heterocycles. The molecule has 116 valence electrons. The highest BCUT2D eigenvalue weighted by atomic mass is 16.2. The Morgan fingerprint density at radius 1 is 1.00 bits per heavy atom. The molecular weight excluding hydrogens is 268 g/mol. The summed E-state index contributed by atoms with van der Waals surface area (Å²) in [7, 11) is 1.63. The fourth-order valence-electron chi connectivity index (χ4n) is 4.35. The lowest BCUT2D eigenvalue weighted by Crippen LogP contribution is -2.41. The Morgan fingerprint density at radius 3 is 2.33 bits per heavy atom. The van der Waals surface area contributed by atoms with E-state index in [0.29, 0.717) is 12.8 Å². The number of hydrogen-bond donors (Lipinski definition) is 1. The number of carbonyl (C=O) groups excluding carboxylic acids is 3. The van der Waals surface area contributed by atoms with Crippen molar-refractivity contribution in [2.24, 2.45) is 17.8 Å². The summed E-state index contributed by atoms with van der Waals surface area (Å²) in [6, 6.07) is 0.114. The lowest BCUT2D eigenvalue weighted by molar-refractivity contribution is -0.143. The first-order valence-corrected chi connectivity index (χ1v) is 8.22. The molecule has 1 heterocycles. The average molecular weight is 292 g/mol. The van der Waals surface area contributed by atoms with Crippen molar-refractivity contribution in [3.63, 3.8) is 0 Å². The Morgan fingerprint density at radius 2 is 1.67 bits per heavy atom. The van der Waals surface area contributed by atoms with E-state index in [9.17, 15) is 14.4 Å². The number of rotatable bonds is 2. The highest BCUT2D eigenvalue weighted by molar-refractivity contribution is 6.05. The van der Waals surface area contributed by atoms with E-state index < -0.39 is 0 Å². The van der Waals surface area contributed by atoms with Crippen molar-refractivity contribution < 1.29 is 14.4 Å². The van der Waals surface area contributed by atoms with Gasteiger partial charge in [0.1, 0.15) is 0 Å². The first-order chi connectivity index (χ1) is 10.1. The van der Waals surface area contributed by atoms with E-state index in [4.69, 9.17) is 0 Å². The Balaban J connectivity index is 1.75. The maximum atomic E-state index is 12.7. The lowest BCUT2D eigenvalue weighted by Gasteiger charge is -2.29. The summed E-state index contributed by atoms with van der Waals surface area (Å²) >= 11 is 0. The van der Waals surface area contributed by atoms with Gasteiger partial charge < -0.3 is 5.32 Å². The third-order valence-corrected chi connectivity index (χ3v) is 5.52. The van der Waals surface area contributed by atoms with Gasteiger partial charge in [-0.05, 0) is 32.1 Å². The fourth-order valence-corrected chi connectivity index (χ4v) is 4.35. The Labute approximate surface area is 125 Å². The van der Waals surface area contributed by atoms with Gasteiger partial charge in [0, 0.05) is 19.0 Å². The first kappa shape index (κ1) is 14.5. The molecule has 2 aliphatic carbocycles. The molecule has 21 heavy (non-hydrogen) atoms. The highest BCUT2D eigenvalue weighted by Gasteiger charge is 2.52. The van der Waals surface area contributed by atoms with Crippen molar-refractivity contribution in [3.05, 3.63) is 0 Å². The highest BCUT2D eigenvalue weighted by Crippen LogP contribution is 2.42. The quantitative estimate of drug-likeness (QED) is 0.784. The van der Waals surface area contributed by atoms with Crippen molar-refractivity contribution in [2.75, 3.05) is 7.05 Å². The van der Waals surface area contributed by atoms with Gasteiger partial charge in [0.05, 0.1) is 11.8 Å². The lowest BCUT2D eigenvalue weighted by atomic mass is 9.75. The maximum absolute atomic E-state index is 12.7. The van der Waals surface area contributed by atoms with Crippen molar-refractivity contribution >= 4 is 17.7 Å². The maximum Gasteiger partial charge on any atom is 0.233 e. The fraction of sp³-hybridized carbons (Fsp3) is 0.812. The number of likely N-dealkylation sites (tertiary alicyclic amines) is 1. The molecule has 3 fully saturated rings. The van der Waals surface area contributed by atoms with Crippen molar-refractivity contribution in [1.29, 1.82) is 0 Å². The zero-order valence-electron chi connectivity index (χ0n) is 12.6. The van der Waals surface area contributed by atoms with E-state index in [1.165, 1.54) is 6.42 Å². The van der Waals surface area contributed by atoms with E-state index >= 15 is 0 Å². The van der Waals surface area contributed by atoms with Gasteiger partial charge in [-0.25, -0.2) is 0 Å². The number of carbonyl (C=O) groups is 3. The van der Waals surface area contributed by atoms with Gasteiger partial charge in [-0.1, -0.05) is 19.3 Å². The van der Waals surface area contributed by atoms with Gasteiger partial charge >= 0.3 is 0 Å². The van der Waals surface area contributed by atoms with E-state index in [0.717, 1.165) is 32.1 Å². The topological polar surface area (TPSA) is 66.5 Å². The number of nitrogens with zero attached hydrogens (tertiary/aromatic N) is 1. The third kappa shape index (κ3) is 2.47. The van der Waals surface area contributed by atoms with Crippen LogP contribution in [0.2, 0.25) is 0 Å². The summed E-state index contributed by atoms with van der Waals surface area (Å²) in [6.45, 7) is 0. The van der Waals surface area contributed by atoms with E-state index in [-0.39, 0.29) is 41.5 Å². The summed E-state index contributed by atoms with van der Waals surface area (Å²) in [5.41, 5.74) is 0. The van der Waals surface area contributed by atoms with Gasteiger partial charge in [0.2, 0.25) is 17.7 Å². The summed E-state index contributed by atoms with van der Waals surface area (Å²) in [6.07, 6.45) is 7.27. The molecule has 3 amide bonds. The molecule has 5 nitrogen and oxygen atoms in total. The molecule has 1 aliphatic heterocycles. The van der Waals surface area contributed by atoms with Gasteiger partial charge in [-0.15, -0.1) is 0 Å². The Hall–Kier alpha value is -1.39. The van der Waals surface area contributed by atoms with E-state index in [2.05, 4.69) is 5.32 Å². The SMILES string of the molecule is CNC(=O)C1CCC2C(=O)N(C3CCCCC3)C(=O)C2C1. The molecule has 5 heteroatoms. The molecule has 0 spiro atoms. The molecule has 3 rings (SSSR count). The number of nitrogens with one attached hydrogen (secondary N) is 1. The Kier molecular flexibility index (Phi) is 4.00. The van der Waals surface area contributed by atoms with Gasteiger partial charge in [0.15, 0.2) is 0 Å². The predicted molar refractivity (Wildman–Crippen MR) is 77.1 cm³/mol. The molecule has 3 atom stereocenters. The second kappa shape index (κ2) is 5.78. The van der Waals surface area contributed by atoms with Crippen molar-refractivity contribution in [2.45, 2.75) is 57.4 Å². The summed E-state index contributed by atoms with van der Waals surface area (Å²) in [5, 5.41) is 2.67. The van der Waals surface area contributed by atoms with Crippen LogP contribution in [0.1, 0.15) is 51.4 Å². The summed E-state index contributed by atoms with van der Waals surface area (Å²) < 4.78 is 0. The van der Waals surface area contributed by atoms with Crippen LogP contribution in [-0.4, -0.2) is 35.7 Å². The Bertz CT molecular complexity index is 456. The van der Waals surface area contributed by atoms with E-state index in [1.54, 1.807) is 11.9 Å². The molecule has 0 aromatic carbocycles. The molecule has 1 saturated heterocycles. The average Bonchev–Trinajstić information content (AvgIpc) is 2.78. The summed E-state index contributed by atoms with van der Waals surface area (Å²) in [5.74, 6) is -0.502. The summed E-state index contributed by atoms with van der Waals surface area (Å²) in [4.78, 5) is 38.7. The van der Waals surface area contributed by atoms with Crippen LogP contribution >= 0.6 is 0 Å². The van der Waals surface area contributed by atoms with Crippen LogP contribution < -0.4 is 5.32 Å². The minimum absolute atomic E-state index is 0.00446. The molecule has 3 unspecified atom stereocenters. The van der Waals surface area contributed by atoms with Crippen LogP contribution in [0.15, 0.2) is 0 Å². The van der Waals surface area contributed by atoms with Gasteiger partial charge in [-0.3, -0.25) is 19.3 Å². The zero-order valence-corrected chi connectivity index (χ0v) is 12.6. The predicted octanol–water partition coefficient (Wildman–Crippen LogP) is 1.47. The van der Waals surface area contributed by atoms with Gasteiger partial charge in [-0.2, -0.15) is 0 Å². The minimum atomic E-state index is -0.254. The van der Waals surface area contributed by atoms with Crippen LogP contribution in [0.4, 0.5) is 0 Å². The second-order valence-corrected chi connectivity index (χ2v) is 6.68. The molecule has 0 aromatic rings. The molecule has 2 saturated carbocycles. The molecule has 1 N–H and O–H groups in total. The van der Waals surface area contributed by atoms with Crippen LogP contribution in [0, 0.1) is 17.8 Å². The minimum Gasteiger partial charge on any atom is -0.359 e. The molecule has 0 bridgehead atoms. The number of fused-ring (bicyclic) bond motifs is 1. The molecule has 0 radical (unpaired) electrons. The number of amides is 3. The van der Waals surface area contributed by atoms with Crippen molar-refractivity contribution in [3.8, 4) is 0 Å². The standard InChI is InChI=1S/C16H24N2O3/c1-17-14(19)10-7-8-12-13(9-10)16(21)18(15(12)20)11-5-3-2-4-6-11/h10-13H,2-9H2,1H3,(H,17,19). The first-order valence-electron chi connectivity index (χ1n) is 8.22. The van der Waals surface area contributed by atoms with Crippen molar-refractivity contribution in [1.82, 2.24) is 10.2 Å². The second-order valence-electron chi connectivity index (χ2n) is 6.68. The molecular formula is C16H24N2O3. The zero-order chi connectivity index (χ0) is 15.0. The van der Waals surface area contributed by atoms with Gasteiger partial charge in [0.25, 0.3) is 0 Å². The number of imide groups is 1. The van der Waals surface area contributed by atoms with Crippen LogP contribution in [0.25, 0.3) is 0 Å². The largest absolute Gasteiger partial charge is 0.359 e. The monoisotopic (exact) mass is 292 g/mol.